The highest BCUT2D eigenvalue weighted by Crippen LogP contribution is 2.58. The average Bonchev–Trinajstić information content (AvgIpc) is 3.18. The summed E-state index contributed by atoms with van der Waals surface area (Å²) >= 11 is 0. The first kappa shape index (κ1) is 18.4. The maximum absolute atomic E-state index is 13.0. The van der Waals surface area contributed by atoms with Crippen LogP contribution in [0.5, 0.6) is 11.5 Å². The topological polar surface area (TPSA) is 87.1 Å². The van der Waals surface area contributed by atoms with Gasteiger partial charge in [-0.1, -0.05) is 23.3 Å². The number of phenolic OH excluding ortho intramolecular Hbond substituents is 2. The normalized spacial score (nSPS) is 27.0. The van der Waals surface area contributed by atoms with Crippen LogP contribution in [0, 0.1) is 0 Å². The lowest BCUT2D eigenvalue weighted by molar-refractivity contribution is 0.0844. The first-order valence-corrected chi connectivity index (χ1v) is 8.77. The Morgan fingerprint density at radius 2 is 1.81 bits per heavy atom. The van der Waals surface area contributed by atoms with Gasteiger partial charge >= 0.3 is 0 Å². The Kier molecular flexibility index (Phi) is 4.31. The number of carbonyl (C=O) groups excluding carboxylic acids is 2. The zero-order valence-electron chi connectivity index (χ0n) is 15.5. The highest BCUT2D eigenvalue weighted by atomic mass is 16.6. The van der Waals surface area contributed by atoms with Crippen molar-refractivity contribution in [1.82, 2.24) is 0 Å². The molecular weight excluding hydrogens is 332 g/mol. The first-order chi connectivity index (χ1) is 12.1. The Bertz CT molecular complexity index is 859. The van der Waals surface area contributed by atoms with Gasteiger partial charge in [-0.2, -0.15) is 0 Å². The monoisotopic (exact) mass is 356 g/mol. The third kappa shape index (κ3) is 2.67. The van der Waals surface area contributed by atoms with Crippen LogP contribution < -0.4 is 0 Å². The van der Waals surface area contributed by atoms with Crippen LogP contribution in [-0.2, 0) is 4.74 Å². The molecule has 1 aliphatic heterocycles. The van der Waals surface area contributed by atoms with Crippen molar-refractivity contribution in [2.75, 3.05) is 0 Å². The summed E-state index contributed by atoms with van der Waals surface area (Å²) in [5.74, 6) is -1.43. The largest absolute Gasteiger partial charge is 0.508 e. The van der Waals surface area contributed by atoms with Crippen LogP contribution in [0.3, 0.4) is 0 Å². The average molecular weight is 356 g/mol. The molecule has 1 aromatic rings. The van der Waals surface area contributed by atoms with Crippen molar-refractivity contribution in [1.29, 1.82) is 0 Å². The third-order valence-electron chi connectivity index (χ3n) is 5.31. The molecule has 1 aromatic carbocycles. The molecule has 26 heavy (non-hydrogen) atoms. The fraction of sp³-hybridized carbons (Fsp3) is 0.429. The van der Waals surface area contributed by atoms with Gasteiger partial charge in [0.2, 0.25) is 5.78 Å². The number of phenols is 2. The van der Waals surface area contributed by atoms with Crippen LogP contribution in [0.25, 0.3) is 0 Å². The Hall–Kier alpha value is -2.40. The number of hydrogen-bond acceptors (Lipinski definition) is 5. The van der Waals surface area contributed by atoms with Gasteiger partial charge < -0.3 is 14.9 Å². The van der Waals surface area contributed by atoms with Crippen molar-refractivity contribution in [2.45, 2.75) is 58.2 Å². The van der Waals surface area contributed by atoms with Crippen molar-refractivity contribution < 1.29 is 24.5 Å². The summed E-state index contributed by atoms with van der Waals surface area (Å²) < 4.78 is 5.70. The van der Waals surface area contributed by atoms with Crippen molar-refractivity contribution in [3.8, 4) is 11.5 Å². The van der Waals surface area contributed by atoms with E-state index >= 15 is 0 Å². The van der Waals surface area contributed by atoms with Crippen molar-refractivity contribution >= 4 is 11.6 Å². The fourth-order valence-electron chi connectivity index (χ4n) is 3.64. The number of ether oxygens (including phenoxy) is 1. The van der Waals surface area contributed by atoms with Gasteiger partial charge in [0.1, 0.15) is 11.5 Å². The molecule has 2 atom stereocenters. The smallest absolute Gasteiger partial charge is 0.202 e. The highest BCUT2D eigenvalue weighted by molar-refractivity contribution is 6.26. The van der Waals surface area contributed by atoms with E-state index in [0.29, 0.717) is 6.42 Å². The number of Topliss-reactive ketones (excluding diaryl/α,β-unsaturated/α-hetero) is 2. The molecule has 5 heteroatoms. The van der Waals surface area contributed by atoms with Crippen molar-refractivity contribution in [3.63, 3.8) is 0 Å². The summed E-state index contributed by atoms with van der Waals surface area (Å²) in [6.45, 7) is 7.69. The van der Waals surface area contributed by atoms with Crippen molar-refractivity contribution in [2.24, 2.45) is 0 Å². The number of allylic oxidation sites excluding steroid dienone is 3. The minimum Gasteiger partial charge on any atom is -0.508 e. The van der Waals surface area contributed by atoms with E-state index in [2.05, 4.69) is 19.9 Å². The molecule has 1 saturated heterocycles. The summed E-state index contributed by atoms with van der Waals surface area (Å²) in [6.07, 6.45) is 6.20. The Morgan fingerprint density at radius 3 is 2.46 bits per heavy atom. The molecule has 5 nitrogen and oxygen atoms in total. The van der Waals surface area contributed by atoms with Crippen LogP contribution in [0.1, 0.15) is 67.7 Å². The van der Waals surface area contributed by atoms with Gasteiger partial charge in [-0.05, 0) is 46.6 Å². The van der Waals surface area contributed by atoms with Crippen molar-refractivity contribution in [3.05, 3.63) is 46.6 Å². The van der Waals surface area contributed by atoms with E-state index in [4.69, 9.17) is 4.74 Å². The molecule has 0 bridgehead atoms. The van der Waals surface area contributed by atoms with E-state index in [9.17, 15) is 19.8 Å². The van der Waals surface area contributed by atoms with Crippen LogP contribution in [0.4, 0.5) is 0 Å². The molecular formula is C21H24O5. The van der Waals surface area contributed by atoms with Gasteiger partial charge in [0.25, 0.3) is 0 Å². The second-order valence-electron chi connectivity index (χ2n) is 7.58. The summed E-state index contributed by atoms with van der Waals surface area (Å²) in [4.78, 5) is 25.8. The molecule has 0 spiro atoms. The number of aromatic hydroxyl groups is 2. The van der Waals surface area contributed by atoms with Gasteiger partial charge in [-0.25, -0.2) is 0 Å². The molecule has 0 aromatic heterocycles. The molecule has 0 amide bonds. The predicted molar refractivity (Wildman–Crippen MR) is 97.7 cm³/mol. The molecule has 1 fully saturated rings. The quantitative estimate of drug-likeness (QED) is 0.613. The fourth-order valence-corrected chi connectivity index (χ4v) is 3.64. The first-order valence-electron chi connectivity index (χ1n) is 8.77. The molecule has 2 aliphatic rings. The zero-order valence-corrected chi connectivity index (χ0v) is 15.5. The van der Waals surface area contributed by atoms with Gasteiger partial charge in [-0.3, -0.25) is 9.59 Å². The van der Waals surface area contributed by atoms with Gasteiger partial charge in [-0.15, -0.1) is 0 Å². The van der Waals surface area contributed by atoms with E-state index < -0.39 is 22.7 Å². The third-order valence-corrected chi connectivity index (χ3v) is 5.31. The molecule has 138 valence electrons. The minimum absolute atomic E-state index is 0.0260. The van der Waals surface area contributed by atoms with Crippen LogP contribution in [0.2, 0.25) is 0 Å². The van der Waals surface area contributed by atoms with E-state index in [0.717, 1.165) is 24.5 Å². The molecule has 2 unspecified atom stereocenters. The Balaban J connectivity index is 1.89. The number of fused-ring (bicyclic) bond motifs is 2. The number of rotatable bonds is 5. The zero-order chi connectivity index (χ0) is 19.3. The number of carbonyl (C=O) groups is 2. The highest BCUT2D eigenvalue weighted by Gasteiger charge is 2.77. The second-order valence-corrected chi connectivity index (χ2v) is 7.58. The minimum atomic E-state index is -1.26. The molecule has 2 N–H and O–H groups in total. The summed E-state index contributed by atoms with van der Waals surface area (Å²) in [7, 11) is 0. The van der Waals surface area contributed by atoms with E-state index in [1.54, 1.807) is 6.92 Å². The predicted octanol–water partition coefficient (Wildman–Crippen LogP) is 4.09. The van der Waals surface area contributed by atoms with Crippen LogP contribution >= 0.6 is 0 Å². The van der Waals surface area contributed by atoms with Crippen LogP contribution in [-0.4, -0.2) is 33.0 Å². The number of hydrogen-bond donors (Lipinski definition) is 2. The van der Waals surface area contributed by atoms with E-state index in [1.807, 2.05) is 13.0 Å². The molecule has 0 saturated carbocycles. The second kappa shape index (κ2) is 6.09. The number of epoxide rings is 1. The lowest BCUT2D eigenvalue weighted by Gasteiger charge is -2.23. The van der Waals surface area contributed by atoms with E-state index in [1.165, 1.54) is 11.6 Å². The van der Waals surface area contributed by atoms with Crippen LogP contribution in [0.15, 0.2) is 35.4 Å². The summed E-state index contributed by atoms with van der Waals surface area (Å²) in [5, 5.41) is 19.7. The number of benzene rings is 1. The molecule has 1 aliphatic carbocycles. The summed E-state index contributed by atoms with van der Waals surface area (Å²) in [6, 6.07) is 2.29. The standard InChI is InChI=1S/C21H24O5/c1-12(2)6-5-7-13(3)8-9-21-18(24)15-10-14(22)11-16(23)17(15)19(25)20(21,4)26-21/h6,8,10-11,22-23H,5,7,9H2,1-4H3/b13-8+. The maximum Gasteiger partial charge on any atom is 0.202 e. The SMILES string of the molecule is CC(C)=CCC/C(C)=C/CC12OC1(C)C(=O)c1c(O)cc(O)cc1C2=O. The lowest BCUT2D eigenvalue weighted by Crippen LogP contribution is -2.43. The van der Waals surface area contributed by atoms with Gasteiger partial charge in [0.15, 0.2) is 17.0 Å². The Labute approximate surface area is 153 Å². The number of ketones is 2. The maximum atomic E-state index is 13.0. The molecule has 0 radical (unpaired) electrons. The Morgan fingerprint density at radius 1 is 1.12 bits per heavy atom. The van der Waals surface area contributed by atoms with Gasteiger partial charge in [0.05, 0.1) is 5.56 Å². The van der Waals surface area contributed by atoms with E-state index in [-0.39, 0.29) is 22.7 Å². The molecule has 1 heterocycles. The molecule has 3 rings (SSSR count). The summed E-state index contributed by atoms with van der Waals surface area (Å²) in [5.41, 5.74) is -0.152. The van der Waals surface area contributed by atoms with Gasteiger partial charge in [0, 0.05) is 18.1 Å². The lowest BCUT2D eigenvalue weighted by atomic mass is 9.73.